The lowest BCUT2D eigenvalue weighted by Gasteiger charge is -2.23. The molecule has 0 saturated carbocycles. The molecule has 1 fully saturated rings. The highest BCUT2D eigenvalue weighted by Gasteiger charge is 2.39. The van der Waals surface area contributed by atoms with Crippen LogP contribution in [0.15, 0.2) is 59.5 Å². The summed E-state index contributed by atoms with van der Waals surface area (Å²) in [4.78, 5) is 13.6. The van der Waals surface area contributed by atoms with Crippen LogP contribution < -0.4 is 5.32 Å². The van der Waals surface area contributed by atoms with Gasteiger partial charge in [0.2, 0.25) is 0 Å². The van der Waals surface area contributed by atoms with Crippen LogP contribution in [0.25, 0.3) is 0 Å². The van der Waals surface area contributed by atoms with Crippen LogP contribution in [0, 0.1) is 0 Å². The van der Waals surface area contributed by atoms with Gasteiger partial charge in [-0.2, -0.15) is 0 Å². The Bertz CT molecular complexity index is 848. The van der Waals surface area contributed by atoms with Gasteiger partial charge in [0.15, 0.2) is 9.84 Å². The second-order valence-electron chi connectivity index (χ2n) is 6.66. The highest BCUT2D eigenvalue weighted by Crippen LogP contribution is 2.24. The largest absolute Gasteiger partial charge is 0.346 e. The van der Waals surface area contributed by atoms with E-state index in [-0.39, 0.29) is 17.4 Å². The van der Waals surface area contributed by atoms with Crippen molar-refractivity contribution in [3.05, 3.63) is 65.7 Å². The average Bonchev–Trinajstić information content (AvgIpc) is 2.87. The highest BCUT2D eigenvalue weighted by atomic mass is 32.2. The lowest BCUT2D eigenvalue weighted by atomic mass is 10.0. The molecule has 1 saturated heterocycles. The Hall–Kier alpha value is -1.79. The van der Waals surface area contributed by atoms with Crippen molar-refractivity contribution in [1.82, 2.24) is 5.32 Å². The molecule has 132 valence electrons. The molecule has 0 bridgehead atoms. The highest BCUT2D eigenvalue weighted by molar-refractivity contribution is 7.98. The first kappa shape index (κ1) is 18.0. The minimum absolute atomic E-state index is 0.0114. The van der Waals surface area contributed by atoms with Crippen LogP contribution in [0.2, 0.25) is 0 Å². The monoisotopic (exact) mass is 375 g/mol. The molecule has 1 N–H and O–H groups in total. The fourth-order valence-electron chi connectivity index (χ4n) is 2.89. The maximum atomic E-state index is 12.4. The third-order valence-electron chi connectivity index (χ3n) is 4.28. The van der Waals surface area contributed by atoms with Gasteiger partial charge in [-0.05, 0) is 43.2 Å². The fraction of sp³-hybridized carbons (Fsp3) is 0.316. The summed E-state index contributed by atoms with van der Waals surface area (Å²) in [6.45, 7) is 1.79. The summed E-state index contributed by atoms with van der Waals surface area (Å²) in [6.07, 6.45) is 0.465. The number of hydrogen-bond acceptors (Lipinski definition) is 4. The van der Waals surface area contributed by atoms with E-state index in [2.05, 4.69) is 17.4 Å². The minimum atomic E-state index is -3.04. The van der Waals surface area contributed by atoms with Gasteiger partial charge >= 0.3 is 0 Å². The zero-order valence-corrected chi connectivity index (χ0v) is 15.7. The number of rotatable bonds is 5. The molecule has 1 aliphatic rings. The molecule has 2 aromatic rings. The molecule has 6 heteroatoms. The number of sulfone groups is 1. The van der Waals surface area contributed by atoms with Gasteiger partial charge in [-0.25, -0.2) is 8.42 Å². The van der Waals surface area contributed by atoms with Gasteiger partial charge in [-0.3, -0.25) is 4.79 Å². The Morgan fingerprint density at radius 3 is 2.40 bits per heavy atom. The first-order valence-electron chi connectivity index (χ1n) is 8.15. The SMILES string of the molecule is CC1(NC(=O)c2ccc(CSc3ccccc3)cc2)CCS(=O)(=O)C1. The summed E-state index contributed by atoms with van der Waals surface area (Å²) in [5, 5.41) is 2.88. The van der Waals surface area contributed by atoms with Crippen molar-refractivity contribution < 1.29 is 13.2 Å². The van der Waals surface area contributed by atoms with Crippen LogP contribution in [0.1, 0.15) is 29.3 Å². The molecule has 1 unspecified atom stereocenters. The van der Waals surface area contributed by atoms with Crippen molar-refractivity contribution in [2.75, 3.05) is 11.5 Å². The Kier molecular flexibility index (Phi) is 5.20. The quantitative estimate of drug-likeness (QED) is 0.815. The van der Waals surface area contributed by atoms with E-state index < -0.39 is 15.4 Å². The maximum Gasteiger partial charge on any atom is 0.251 e. The number of carbonyl (C=O) groups excluding carboxylic acids is 1. The summed E-state index contributed by atoms with van der Waals surface area (Å²) in [5.41, 5.74) is 1.02. The number of hydrogen-bond donors (Lipinski definition) is 1. The summed E-state index contributed by atoms with van der Waals surface area (Å²) in [6, 6.07) is 17.6. The van der Waals surface area contributed by atoms with E-state index in [1.807, 2.05) is 30.3 Å². The van der Waals surface area contributed by atoms with E-state index in [4.69, 9.17) is 0 Å². The Labute approximate surface area is 152 Å². The predicted molar refractivity (Wildman–Crippen MR) is 102 cm³/mol. The number of carbonyl (C=O) groups is 1. The molecule has 0 spiro atoms. The third-order valence-corrected chi connectivity index (χ3v) is 7.27. The second-order valence-corrected chi connectivity index (χ2v) is 9.89. The normalized spacial score (nSPS) is 21.8. The van der Waals surface area contributed by atoms with Crippen molar-refractivity contribution >= 4 is 27.5 Å². The van der Waals surface area contributed by atoms with Crippen molar-refractivity contribution in [1.29, 1.82) is 0 Å². The summed E-state index contributed by atoms with van der Waals surface area (Å²) in [7, 11) is -3.04. The zero-order chi connectivity index (χ0) is 17.9. The van der Waals surface area contributed by atoms with Crippen molar-refractivity contribution in [3.63, 3.8) is 0 Å². The molecule has 1 amide bonds. The molecule has 25 heavy (non-hydrogen) atoms. The van der Waals surface area contributed by atoms with Crippen molar-refractivity contribution in [3.8, 4) is 0 Å². The molecule has 3 rings (SSSR count). The van der Waals surface area contributed by atoms with E-state index in [9.17, 15) is 13.2 Å². The number of amides is 1. The Balaban J connectivity index is 1.59. The van der Waals surface area contributed by atoms with Gasteiger partial charge in [0.25, 0.3) is 5.91 Å². The van der Waals surface area contributed by atoms with Gasteiger partial charge in [0, 0.05) is 16.2 Å². The van der Waals surface area contributed by atoms with Crippen LogP contribution in [-0.2, 0) is 15.6 Å². The van der Waals surface area contributed by atoms with Gasteiger partial charge in [-0.15, -0.1) is 11.8 Å². The van der Waals surface area contributed by atoms with Crippen LogP contribution >= 0.6 is 11.8 Å². The molecule has 2 aromatic carbocycles. The van der Waals surface area contributed by atoms with E-state index in [0.717, 1.165) is 11.3 Å². The third kappa shape index (κ3) is 4.86. The van der Waals surface area contributed by atoms with Crippen LogP contribution in [0.4, 0.5) is 0 Å². The zero-order valence-electron chi connectivity index (χ0n) is 14.1. The molecular weight excluding hydrogens is 354 g/mol. The topological polar surface area (TPSA) is 63.2 Å². The van der Waals surface area contributed by atoms with Crippen LogP contribution in [0.3, 0.4) is 0 Å². The first-order chi connectivity index (χ1) is 11.9. The molecule has 4 nitrogen and oxygen atoms in total. The van der Waals surface area contributed by atoms with Gasteiger partial charge < -0.3 is 5.32 Å². The van der Waals surface area contributed by atoms with Crippen molar-refractivity contribution in [2.24, 2.45) is 0 Å². The maximum absolute atomic E-state index is 12.4. The van der Waals surface area contributed by atoms with Crippen LogP contribution in [-0.4, -0.2) is 31.4 Å². The van der Waals surface area contributed by atoms with E-state index >= 15 is 0 Å². The number of thioether (sulfide) groups is 1. The van der Waals surface area contributed by atoms with E-state index in [0.29, 0.717) is 12.0 Å². The van der Waals surface area contributed by atoms with Gasteiger partial charge in [0.1, 0.15) is 0 Å². The fourth-order valence-corrected chi connectivity index (χ4v) is 5.86. The van der Waals surface area contributed by atoms with E-state index in [1.54, 1.807) is 30.8 Å². The molecule has 0 radical (unpaired) electrons. The first-order valence-corrected chi connectivity index (χ1v) is 11.0. The molecule has 0 aliphatic carbocycles. The lowest BCUT2D eigenvalue weighted by molar-refractivity contribution is 0.0915. The second kappa shape index (κ2) is 7.22. The number of benzene rings is 2. The summed E-state index contributed by atoms with van der Waals surface area (Å²) < 4.78 is 23.3. The average molecular weight is 376 g/mol. The molecule has 1 atom stereocenters. The molecule has 1 heterocycles. The summed E-state index contributed by atoms with van der Waals surface area (Å²) in [5.74, 6) is 0.764. The van der Waals surface area contributed by atoms with E-state index in [1.165, 1.54) is 4.90 Å². The molecule has 1 aliphatic heterocycles. The Morgan fingerprint density at radius 1 is 1.12 bits per heavy atom. The Morgan fingerprint density at radius 2 is 1.80 bits per heavy atom. The van der Waals surface area contributed by atoms with Gasteiger partial charge in [0.05, 0.1) is 17.0 Å². The molecular formula is C19H21NO3S2. The smallest absolute Gasteiger partial charge is 0.251 e. The van der Waals surface area contributed by atoms with Crippen LogP contribution in [0.5, 0.6) is 0 Å². The minimum Gasteiger partial charge on any atom is -0.346 e. The predicted octanol–water partition coefficient (Wildman–Crippen LogP) is 3.29. The standard InChI is InChI=1S/C19H21NO3S2/c1-19(11-12-25(22,23)14-19)20-18(21)16-9-7-15(8-10-16)13-24-17-5-3-2-4-6-17/h2-10H,11-14H2,1H3,(H,20,21). The number of nitrogens with one attached hydrogen (secondary N) is 1. The lowest BCUT2D eigenvalue weighted by Crippen LogP contribution is -2.46. The summed E-state index contributed by atoms with van der Waals surface area (Å²) >= 11 is 1.75. The van der Waals surface area contributed by atoms with Crippen molar-refractivity contribution in [2.45, 2.75) is 29.5 Å². The van der Waals surface area contributed by atoms with Gasteiger partial charge in [-0.1, -0.05) is 30.3 Å². The molecule has 0 aromatic heterocycles.